The third-order valence-electron chi connectivity index (χ3n) is 3.66. The monoisotopic (exact) mass is 254 g/mol. The van der Waals surface area contributed by atoms with Crippen LogP contribution in [-0.2, 0) is 0 Å². The summed E-state index contributed by atoms with van der Waals surface area (Å²) in [6.45, 7) is 4.63. The van der Waals surface area contributed by atoms with E-state index in [1.54, 1.807) is 6.07 Å². The second kappa shape index (κ2) is 6.56. The molecule has 0 aliphatic carbocycles. The molecule has 0 aromatic heterocycles. The van der Waals surface area contributed by atoms with Crippen molar-refractivity contribution in [2.75, 3.05) is 0 Å². The Morgan fingerprint density at radius 2 is 1.84 bits per heavy atom. The molecule has 2 aromatic rings. The summed E-state index contributed by atoms with van der Waals surface area (Å²) >= 11 is 0. The van der Waals surface area contributed by atoms with Gasteiger partial charge in [0.15, 0.2) is 0 Å². The van der Waals surface area contributed by atoms with E-state index in [0.717, 1.165) is 24.6 Å². The Labute approximate surface area is 115 Å². The summed E-state index contributed by atoms with van der Waals surface area (Å²) in [5, 5.41) is 0. The molecule has 0 amide bonds. The predicted octanol–water partition coefficient (Wildman–Crippen LogP) is 3.54. The number of hydrogen-bond acceptors (Lipinski definition) is 0. The summed E-state index contributed by atoms with van der Waals surface area (Å²) in [6, 6.07) is 15.5. The van der Waals surface area contributed by atoms with Crippen molar-refractivity contribution < 1.29 is 4.39 Å². The Bertz CT molecular complexity index is 536. The lowest BCUT2D eigenvalue weighted by Gasteiger charge is -2.16. The molecule has 0 N–H and O–H groups in total. The van der Waals surface area contributed by atoms with Crippen LogP contribution in [0.3, 0.4) is 0 Å². The molecule has 2 heteroatoms. The molecular formula is C17H20BF. The van der Waals surface area contributed by atoms with Gasteiger partial charge in [-0.25, -0.2) is 4.39 Å². The molecule has 0 nitrogen and oxygen atoms in total. The number of unbranched alkanes of at least 4 members (excludes halogenated alkanes) is 1. The highest BCUT2D eigenvalue weighted by atomic mass is 19.1. The summed E-state index contributed by atoms with van der Waals surface area (Å²) in [5.41, 5.74) is 3.69. The highest BCUT2D eigenvalue weighted by Gasteiger charge is 2.20. The van der Waals surface area contributed by atoms with Gasteiger partial charge in [-0.15, -0.1) is 0 Å². The molecule has 19 heavy (non-hydrogen) atoms. The lowest BCUT2D eigenvalue weighted by atomic mass is 9.37. The standard InChI is InChI=1S/C17H20BF/c1-3-4-12-18(15-9-7-10-16(19)13-15)17-11-6-5-8-14(17)2/h5-11,13H,3-4,12H2,1-2H3. The van der Waals surface area contributed by atoms with Gasteiger partial charge in [0.2, 0.25) is 6.71 Å². The second-order valence-corrected chi connectivity index (χ2v) is 5.11. The van der Waals surface area contributed by atoms with Crippen LogP contribution in [0.25, 0.3) is 0 Å². The highest BCUT2D eigenvalue weighted by molar-refractivity contribution is 6.85. The minimum atomic E-state index is -0.146. The Kier molecular flexibility index (Phi) is 4.78. The zero-order valence-corrected chi connectivity index (χ0v) is 11.7. The maximum Gasteiger partial charge on any atom is 0.209 e. The molecule has 0 fully saturated rings. The van der Waals surface area contributed by atoms with Crippen LogP contribution in [0, 0.1) is 12.7 Å². The topological polar surface area (TPSA) is 0 Å². The summed E-state index contributed by atoms with van der Waals surface area (Å²) in [6.07, 6.45) is 3.40. The Hall–Kier alpha value is -1.57. The fourth-order valence-corrected chi connectivity index (χ4v) is 2.61. The Balaban J connectivity index is 2.38. The van der Waals surface area contributed by atoms with E-state index in [-0.39, 0.29) is 5.82 Å². The third-order valence-corrected chi connectivity index (χ3v) is 3.66. The number of benzene rings is 2. The van der Waals surface area contributed by atoms with Gasteiger partial charge in [-0.2, -0.15) is 0 Å². The van der Waals surface area contributed by atoms with Crippen molar-refractivity contribution >= 4 is 17.6 Å². The maximum absolute atomic E-state index is 13.5. The second-order valence-electron chi connectivity index (χ2n) is 5.11. The summed E-state index contributed by atoms with van der Waals surface area (Å²) in [7, 11) is 0. The zero-order chi connectivity index (χ0) is 13.7. The van der Waals surface area contributed by atoms with Crippen LogP contribution >= 0.6 is 0 Å². The van der Waals surface area contributed by atoms with Crippen LogP contribution in [0.1, 0.15) is 25.3 Å². The highest BCUT2D eigenvalue weighted by Crippen LogP contribution is 2.07. The number of halogens is 1. The fraction of sp³-hybridized carbons (Fsp3) is 0.294. The molecule has 0 radical (unpaired) electrons. The number of hydrogen-bond donors (Lipinski definition) is 0. The average Bonchev–Trinajstić information content (AvgIpc) is 2.41. The smallest absolute Gasteiger partial charge is 0.207 e. The first-order valence-electron chi connectivity index (χ1n) is 7.03. The first-order chi connectivity index (χ1) is 9.22. The summed E-state index contributed by atoms with van der Waals surface area (Å²) in [4.78, 5) is 0. The van der Waals surface area contributed by atoms with Crippen molar-refractivity contribution in [3.63, 3.8) is 0 Å². The van der Waals surface area contributed by atoms with E-state index >= 15 is 0 Å². The van der Waals surface area contributed by atoms with Crippen molar-refractivity contribution in [3.8, 4) is 0 Å². The normalized spacial score (nSPS) is 10.5. The summed E-state index contributed by atoms with van der Waals surface area (Å²) < 4.78 is 13.5. The maximum atomic E-state index is 13.5. The molecule has 0 bridgehead atoms. The van der Waals surface area contributed by atoms with E-state index in [0.29, 0.717) is 6.71 Å². The molecular weight excluding hydrogens is 234 g/mol. The van der Waals surface area contributed by atoms with Gasteiger partial charge in [0, 0.05) is 0 Å². The van der Waals surface area contributed by atoms with Crippen molar-refractivity contribution in [1.82, 2.24) is 0 Å². The fourth-order valence-electron chi connectivity index (χ4n) is 2.61. The van der Waals surface area contributed by atoms with E-state index in [4.69, 9.17) is 0 Å². The van der Waals surface area contributed by atoms with Gasteiger partial charge in [-0.1, -0.05) is 79.0 Å². The van der Waals surface area contributed by atoms with Gasteiger partial charge < -0.3 is 0 Å². The Morgan fingerprint density at radius 1 is 1.05 bits per heavy atom. The number of rotatable bonds is 5. The van der Waals surface area contributed by atoms with E-state index in [2.05, 4.69) is 38.1 Å². The predicted molar refractivity (Wildman–Crippen MR) is 82.3 cm³/mol. The first kappa shape index (κ1) is 13.9. The molecule has 0 aliphatic rings. The summed E-state index contributed by atoms with van der Waals surface area (Å²) in [5.74, 6) is -0.146. The first-order valence-corrected chi connectivity index (χ1v) is 7.03. The van der Waals surface area contributed by atoms with Gasteiger partial charge in [-0.3, -0.25) is 0 Å². The van der Waals surface area contributed by atoms with Crippen LogP contribution in [0.15, 0.2) is 48.5 Å². The quantitative estimate of drug-likeness (QED) is 0.716. The molecule has 0 spiro atoms. The molecule has 2 rings (SSSR count). The SMILES string of the molecule is CCCCB(c1cccc(F)c1)c1ccccc1C. The minimum absolute atomic E-state index is 0.146. The van der Waals surface area contributed by atoms with Crippen LogP contribution in [0.4, 0.5) is 4.39 Å². The molecule has 0 aliphatic heterocycles. The third kappa shape index (κ3) is 3.47. The van der Waals surface area contributed by atoms with Gasteiger partial charge in [0.05, 0.1) is 0 Å². The van der Waals surface area contributed by atoms with E-state index in [9.17, 15) is 4.39 Å². The van der Waals surface area contributed by atoms with Gasteiger partial charge in [-0.05, 0) is 19.1 Å². The molecule has 0 saturated heterocycles. The molecule has 0 saturated carbocycles. The van der Waals surface area contributed by atoms with Gasteiger partial charge in [0.1, 0.15) is 5.82 Å². The zero-order valence-electron chi connectivity index (χ0n) is 11.7. The van der Waals surface area contributed by atoms with Crippen LogP contribution in [0.2, 0.25) is 6.32 Å². The van der Waals surface area contributed by atoms with Crippen LogP contribution in [-0.4, -0.2) is 6.71 Å². The minimum Gasteiger partial charge on any atom is -0.207 e. The van der Waals surface area contributed by atoms with E-state index in [1.807, 2.05) is 12.1 Å². The lowest BCUT2D eigenvalue weighted by molar-refractivity contribution is 0.629. The van der Waals surface area contributed by atoms with Gasteiger partial charge >= 0.3 is 0 Å². The number of aryl methyl sites for hydroxylation is 1. The van der Waals surface area contributed by atoms with Crippen molar-refractivity contribution in [3.05, 3.63) is 59.9 Å². The lowest BCUT2D eigenvalue weighted by Crippen LogP contribution is -2.43. The van der Waals surface area contributed by atoms with Crippen molar-refractivity contribution in [2.45, 2.75) is 33.0 Å². The average molecular weight is 254 g/mol. The van der Waals surface area contributed by atoms with E-state index in [1.165, 1.54) is 17.1 Å². The molecule has 98 valence electrons. The van der Waals surface area contributed by atoms with Crippen molar-refractivity contribution in [1.29, 1.82) is 0 Å². The van der Waals surface area contributed by atoms with Crippen molar-refractivity contribution in [2.24, 2.45) is 0 Å². The van der Waals surface area contributed by atoms with E-state index < -0.39 is 0 Å². The Morgan fingerprint density at radius 3 is 2.53 bits per heavy atom. The largest absolute Gasteiger partial charge is 0.209 e. The van der Waals surface area contributed by atoms with Gasteiger partial charge in [0.25, 0.3) is 0 Å². The van der Waals surface area contributed by atoms with Crippen LogP contribution in [0.5, 0.6) is 0 Å². The molecule has 2 aromatic carbocycles. The molecule has 0 unspecified atom stereocenters. The molecule has 0 heterocycles. The van der Waals surface area contributed by atoms with Crippen LogP contribution < -0.4 is 10.9 Å². The molecule has 0 atom stereocenters.